The van der Waals surface area contributed by atoms with Gasteiger partial charge in [-0.25, -0.2) is 13.1 Å². The second-order valence-electron chi connectivity index (χ2n) is 5.74. The van der Waals surface area contributed by atoms with E-state index in [4.69, 9.17) is 11.6 Å². The van der Waals surface area contributed by atoms with E-state index in [1.54, 1.807) is 30.3 Å². The number of sulfonamides is 1. The van der Waals surface area contributed by atoms with E-state index in [9.17, 15) is 8.42 Å². The molecule has 0 saturated carbocycles. The van der Waals surface area contributed by atoms with Gasteiger partial charge in [-0.2, -0.15) is 0 Å². The van der Waals surface area contributed by atoms with E-state index < -0.39 is 10.0 Å². The zero-order valence-electron chi connectivity index (χ0n) is 13.7. The third-order valence-electron chi connectivity index (χ3n) is 3.37. The highest BCUT2D eigenvalue weighted by molar-refractivity contribution is 7.92. The van der Waals surface area contributed by atoms with Gasteiger partial charge < -0.3 is 4.90 Å². The Kier molecular flexibility index (Phi) is 6.57. The second-order valence-corrected chi connectivity index (χ2v) is 7.78. The molecule has 6 heteroatoms. The Labute approximate surface area is 148 Å². The Morgan fingerprint density at radius 1 is 1.08 bits per heavy atom. The van der Waals surface area contributed by atoms with E-state index >= 15 is 0 Å². The lowest BCUT2D eigenvalue weighted by molar-refractivity contribution is 0.364. The first-order valence-electron chi connectivity index (χ1n) is 7.51. The van der Waals surface area contributed by atoms with Crippen LogP contribution in [0.15, 0.2) is 60.0 Å². The first-order chi connectivity index (χ1) is 11.4. The number of nitrogens with one attached hydrogen (secondary N) is 1. The minimum Gasteiger partial charge on any atom is -0.307 e. The lowest BCUT2D eigenvalue weighted by Crippen LogP contribution is -2.34. The fraction of sp³-hybridized carbons (Fsp3) is 0.222. The van der Waals surface area contributed by atoms with Crippen molar-refractivity contribution in [3.8, 4) is 0 Å². The van der Waals surface area contributed by atoms with Gasteiger partial charge in [-0.3, -0.25) is 0 Å². The third kappa shape index (κ3) is 6.09. The SMILES string of the molecule is CN(C)CC(NS(=O)(=O)/C=C/c1ccc(Cl)cc1)c1ccccc1. The van der Waals surface area contributed by atoms with Crippen molar-refractivity contribution in [2.24, 2.45) is 0 Å². The number of nitrogens with zero attached hydrogens (tertiary/aromatic N) is 1. The topological polar surface area (TPSA) is 49.4 Å². The average Bonchev–Trinajstić information content (AvgIpc) is 2.54. The molecule has 0 radical (unpaired) electrons. The van der Waals surface area contributed by atoms with Crippen LogP contribution in [0.4, 0.5) is 0 Å². The van der Waals surface area contributed by atoms with Crippen LogP contribution in [0.2, 0.25) is 5.02 Å². The van der Waals surface area contributed by atoms with Gasteiger partial charge in [-0.1, -0.05) is 54.1 Å². The van der Waals surface area contributed by atoms with Gasteiger partial charge in [0.05, 0.1) is 6.04 Å². The van der Waals surface area contributed by atoms with Crippen molar-refractivity contribution in [2.75, 3.05) is 20.6 Å². The fourth-order valence-electron chi connectivity index (χ4n) is 2.24. The molecule has 24 heavy (non-hydrogen) atoms. The molecule has 1 unspecified atom stereocenters. The molecule has 128 valence electrons. The smallest absolute Gasteiger partial charge is 0.234 e. The zero-order valence-corrected chi connectivity index (χ0v) is 15.3. The summed E-state index contributed by atoms with van der Waals surface area (Å²) in [7, 11) is 0.248. The first kappa shape index (κ1) is 18.7. The maximum Gasteiger partial charge on any atom is 0.234 e. The van der Waals surface area contributed by atoms with Gasteiger partial charge in [0.1, 0.15) is 0 Å². The number of likely N-dealkylation sites (N-methyl/N-ethyl adjacent to an activating group) is 1. The molecule has 1 atom stereocenters. The highest BCUT2D eigenvalue weighted by Gasteiger charge is 2.18. The number of halogens is 1. The summed E-state index contributed by atoms with van der Waals surface area (Å²) in [5, 5.41) is 1.80. The van der Waals surface area contributed by atoms with E-state index in [-0.39, 0.29) is 6.04 Å². The monoisotopic (exact) mass is 364 g/mol. The summed E-state index contributed by atoms with van der Waals surface area (Å²) in [6.07, 6.45) is 1.55. The molecular formula is C18H21ClN2O2S. The number of hydrogen-bond donors (Lipinski definition) is 1. The Morgan fingerprint density at radius 3 is 2.29 bits per heavy atom. The van der Waals surface area contributed by atoms with Gasteiger partial charge in [0, 0.05) is 17.0 Å². The molecule has 2 aromatic carbocycles. The van der Waals surface area contributed by atoms with Crippen LogP contribution in [0.3, 0.4) is 0 Å². The van der Waals surface area contributed by atoms with E-state index in [0.717, 1.165) is 11.1 Å². The second kappa shape index (κ2) is 8.44. The van der Waals surface area contributed by atoms with E-state index in [1.165, 1.54) is 5.41 Å². The van der Waals surface area contributed by atoms with Crippen LogP contribution in [-0.2, 0) is 10.0 Å². The molecule has 4 nitrogen and oxygen atoms in total. The molecule has 0 amide bonds. The molecule has 0 saturated heterocycles. The summed E-state index contributed by atoms with van der Waals surface area (Å²) in [5.41, 5.74) is 1.70. The lowest BCUT2D eigenvalue weighted by Gasteiger charge is -2.22. The van der Waals surface area contributed by atoms with E-state index in [2.05, 4.69) is 4.72 Å². The van der Waals surface area contributed by atoms with Crippen molar-refractivity contribution in [3.63, 3.8) is 0 Å². The van der Waals surface area contributed by atoms with Crippen molar-refractivity contribution in [3.05, 3.63) is 76.2 Å². The van der Waals surface area contributed by atoms with Crippen LogP contribution in [0.1, 0.15) is 17.2 Å². The minimum atomic E-state index is -3.57. The van der Waals surface area contributed by atoms with Crippen molar-refractivity contribution in [1.82, 2.24) is 9.62 Å². The summed E-state index contributed by atoms with van der Waals surface area (Å²) in [6, 6.07) is 16.2. The Bertz CT molecular complexity index is 772. The zero-order chi connectivity index (χ0) is 17.6. The Balaban J connectivity index is 2.16. The van der Waals surface area contributed by atoms with Crippen molar-refractivity contribution in [1.29, 1.82) is 0 Å². The van der Waals surface area contributed by atoms with Crippen molar-refractivity contribution in [2.45, 2.75) is 6.04 Å². The summed E-state index contributed by atoms with van der Waals surface area (Å²) < 4.78 is 27.5. The number of benzene rings is 2. The lowest BCUT2D eigenvalue weighted by atomic mass is 10.1. The van der Waals surface area contributed by atoms with Gasteiger partial charge in [-0.15, -0.1) is 0 Å². The predicted molar refractivity (Wildman–Crippen MR) is 100 cm³/mol. The molecule has 2 aromatic rings. The molecule has 0 aliphatic carbocycles. The molecule has 0 spiro atoms. The van der Waals surface area contributed by atoms with E-state index in [1.807, 2.05) is 49.3 Å². The fourth-order valence-corrected chi connectivity index (χ4v) is 3.39. The summed E-state index contributed by atoms with van der Waals surface area (Å²) in [5.74, 6) is 0. The van der Waals surface area contributed by atoms with Gasteiger partial charge in [0.25, 0.3) is 0 Å². The van der Waals surface area contributed by atoms with Crippen LogP contribution in [0.5, 0.6) is 0 Å². The largest absolute Gasteiger partial charge is 0.307 e. The van der Waals surface area contributed by atoms with Crippen LogP contribution in [0, 0.1) is 0 Å². The third-order valence-corrected chi connectivity index (χ3v) is 4.73. The molecule has 0 bridgehead atoms. The first-order valence-corrected chi connectivity index (χ1v) is 9.44. The highest BCUT2D eigenvalue weighted by atomic mass is 35.5. The highest BCUT2D eigenvalue weighted by Crippen LogP contribution is 2.16. The number of hydrogen-bond acceptors (Lipinski definition) is 3. The van der Waals surface area contributed by atoms with Crippen LogP contribution >= 0.6 is 11.6 Å². The van der Waals surface area contributed by atoms with Crippen LogP contribution in [0.25, 0.3) is 6.08 Å². The van der Waals surface area contributed by atoms with E-state index in [0.29, 0.717) is 11.6 Å². The van der Waals surface area contributed by atoms with Gasteiger partial charge >= 0.3 is 0 Å². The molecule has 0 aromatic heterocycles. The number of rotatable bonds is 7. The van der Waals surface area contributed by atoms with Crippen molar-refractivity contribution >= 4 is 27.7 Å². The molecule has 0 fully saturated rings. The standard InChI is InChI=1S/C18H21ClN2O2S/c1-21(2)14-18(16-6-4-3-5-7-16)20-24(22,23)13-12-15-8-10-17(19)11-9-15/h3-13,18,20H,14H2,1-2H3/b13-12+. The van der Waals surface area contributed by atoms with Crippen molar-refractivity contribution < 1.29 is 8.42 Å². The molecule has 0 aliphatic heterocycles. The Morgan fingerprint density at radius 2 is 1.71 bits per heavy atom. The van der Waals surface area contributed by atoms with Gasteiger partial charge in [-0.05, 0) is 43.4 Å². The van der Waals surface area contributed by atoms with Crippen LogP contribution in [-0.4, -0.2) is 34.0 Å². The van der Waals surface area contributed by atoms with Crippen LogP contribution < -0.4 is 4.72 Å². The maximum atomic E-state index is 12.4. The normalized spacial score (nSPS) is 13.5. The molecule has 0 aliphatic rings. The molecular weight excluding hydrogens is 344 g/mol. The van der Waals surface area contributed by atoms with Gasteiger partial charge in [0.15, 0.2) is 0 Å². The maximum absolute atomic E-state index is 12.4. The van der Waals surface area contributed by atoms with Gasteiger partial charge in [0.2, 0.25) is 10.0 Å². The molecule has 0 heterocycles. The summed E-state index contributed by atoms with van der Waals surface area (Å²) >= 11 is 5.83. The predicted octanol–water partition coefficient (Wildman–Crippen LogP) is 3.53. The minimum absolute atomic E-state index is 0.318. The molecule has 2 rings (SSSR count). The molecule has 1 N–H and O–H groups in total. The summed E-state index contributed by atoms with van der Waals surface area (Å²) in [4.78, 5) is 1.95. The Hall–Kier alpha value is -1.66. The quantitative estimate of drug-likeness (QED) is 0.817. The average molecular weight is 365 g/mol. The summed E-state index contributed by atoms with van der Waals surface area (Å²) in [6.45, 7) is 0.567.